The Morgan fingerprint density at radius 2 is 1.07 bits per heavy atom. The standard InChI is InChI=1S/C38H47BO3/c1-29(2)35(39-41-36(30-18-8-3-9-19-30)37(42-39)31-20-10-4-11-21-31)28-40-38(32-22-12-5-13-23-32,33-24-14-6-15-25-33)34-26-16-7-17-27-34/h5-7,12-17,22-27,30-31,35-37H,1,3-4,8-11,18-21,28H2,2H3/t35?,36-,37-/m1/s1. The van der Waals surface area contributed by atoms with E-state index in [1.54, 1.807) is 0 Å². The van der Waals surface area contributed by atoms with Crippen LogP contribution in [-0.4, -0.2) is 25.9 Å². The van der Waals surface area contributed by atoms with E-state index in [-0.39, 0.29) is 25.1 Å². The number of benzene rings is 3. The number of hydrogen-bond acceptors (Lipinski definition) is 3. The maximum Gasteiger partial charge on any atom is 0.467 e. The van der Waals surface area contributed by atoms with Crippen molar-refractivity contribution in [2.75, 3.05) is 6.61 Å². The van der Waals surface area contributed by atoms with Gasteiger partial charge in [-0.1, -0.05) is 135 Å². The molecule has 3 atom stereocenters. The van der Waals surface area contributed by atoms with Gasteiger partial charge in [0.25, 0.3) is 0 Å². The fourth-order valence-electron chi connectivity index (χ4n) is 7.81. The van der Waals surface area contributed by atoms with Crippen LogP contribution in [0.3, 0.4) is 0 Å². The molecule has 1 unspecified atom stereocenters. The second kappa shape index (κ2) is 13.8. The molecule has 0 aromatic heterocycles. The second-order valence-corrected chi connectivity index (χ2v) is 12.9. The van der Waals surface area contributed by atoms with Crippen molar-refractivity contribution >= 4 is 7.12 Å². The van der Waals surface area contributed by atoms with Crippen LogP contribution in [0, 0.1) is 11.8 Å². The van der Waals surface area contributed by atoms with Gasteiger partial charge in [-0.2, -0.15) is 0 Å². The molecule has 0 spiro atoms. The van der Waals surface area contributed by atoms with Gasteiger partial charge < -0.3 is 14.0 Å². The quantitative estimate of drug-likeness (QED) is 0.140. The third-order valence-electron chi connectivity index (χ3n) is 10.1. The van der Waals surface area contributed by atoms with E-state index in [1.807, 2.05) is 0 Å². The molecule has 0 bridgehead atoms. The van der Waals surface area contributed by atoms with E-state index in [4.69, 9.17) is 14.0 Å². The van der Waals surface area contributed by atoms with Gasteiger partial charge in [-0.25, -0.2) is 0 Å². The van der Waals surface area contributed by atoms with Crippen molar-refractivity contribution in [1.29, 1.82) is 0 Å². The molecule has 3 fully saturated rings. The van der Waals surface area contributed by atoms with Gasteiger partial charge in [0.1, 0.15) is 5.60 Å². The average Bonchev–Trinajstić information content (AvgIpc) is 3.50. The molecule has 0 amide bonds. The minimum atomic E-state index is -0.776. The fourth-order valence-corrected chi connectivity index (χ4v) is 7.81. The smallest absolute Gasteiger partial charge is 0.405 e. The predicted molar refractivity (Wildman–Crippen MR) is 172 cm³/mol. The summed E-state index contributed by atoms with van der Waals surface area (Å²) in [6, 6.07) is 31.9. The van der Waals surface area contributed by atoms with E-state index in [0.717, 1.165) is 22.3 Å². The summed E-state index contributed by atoms with van der Waals surface area (Å²) in [5.74, 6) is 1.12. The van der Waals surface area contributed by atoms with E-state index in [2.05, 4.69) is 104 Å². The molecule has 1 saturated heterocycles. The summed E-state index contributed by atoms with van der Waals surface area (Å²) in [7, 11) is -0.332. The van der Waals surface area contributed by atoms with Crippen LogP contribution in [0.25, 0.3) is 0 Å². The normalized spacial score (nSPS) is 23.1. The van der Waals surface area contributed by atoms with E-state index in [1.165, 1.54) is 64.2 Å². The monoisotopic (exact) mass is 562 g/mol. The first-order valence-corrected chi connectivity index (χ1v) is 16.4. The lowest BCUT2D eigenvalue weighted by atomic mass is 9.68. The Balaban J connectivity index is 1.32. The van der Waals surface area contributed by atoms with Crippen LogP contribution in [0.5, 0.6) is 0 Å². The van der Waals surface area contributed by atoms with Crippen LogP contribution in [-0.2, 0) is 19.6 Å². The molecule has 3 aliphatic rings. The van der Waals surface area contributed by atoms with Crippen LogP contribution >= 0.6 is 0 Å². The Kier molecular flexibility index (Phi) is 9.64. The molecule has 0 N–H and O–H groups in total. The molecule has 0 radical (unpaired) electrons. The maximum absolute atomic E-state index is 7.26. The molecule has 220 valence electrons. The summed E-state index contributed by atoms with van der Waals surface area (Å²) in [5.41, 5.74) is 3.60. The molecule has 4 heteroatoms. The van der Waals surface area contributed by atoms with E-state index in [0.29, 0.717) is 18.4 Å². The van der Waals surface area contributed by atoms with Gasteiger partial charge in [0.05, 0.1) is 18.8 Å². The molecule has 3 aromatic carbocycles. The summed E-state index contributed by atoms with van der Waals surface area (Å²) < 4.78 is 21.3. The molecular formula is C38H47BO3. The Hall–Kier alpha value is -2.66. The summed E-state index contributed by atoms with van der Waals surface area (Å²) >= 11 is 0. The largest absolute Gasteiger partial charge is 0.467 e. The van der Waals surface area contributed by atoms with Crippen molar-refractivity contribution in [3.63, 3.8) is 0 Å². The van der Waals surface area contributed by atoms with Gasteiger partial charge >= 0.3 is 7.12 Å². The van der Waals surface area contributed by atoms with Gasteiger partial charge in [-0.05, 0) is 61.1 Å². The van der Waals surface area contributed by atoms with Crippen LogP contribution < -0.4 is 0 Å². The Morgan fingerprint density at radius 3 is 1.43 bits per heavy atom. The summed E-state index contributed by atoms with van der Waals surface area (Å²) in [5, 5.41) is 0. The van der Waals surface area contributed by atoms with Gasteiger partial charge in [0, 0.05) is 5.82 Å². The number of ether oxygens (including phenoxy) is 1. The number of rotatable bonds is 10. The summed E-state index contributed by atoms with van der Waals surface area (Å²) in [4.78, 5) is 0. The zero-order valence-electron chi connectivity index (χ0n) is 25.3. The molecule has 42 heavy (non-hydrogen) atoms. The summed E-state index contributed by atoms with van der Waals surface area (Å²) in [6.07, 6.45) is 13.4. The lowest BCUT2D eigenvalue weighted by Gasteiger charge is -2.37. The molecule has 6 rings (SSSR count). The van der Waals surface area contributed by atoms with Gasteiger partial charge in [-0.15, -0.1) is 6.58 Å². The van der Waals surface area contributed by atoms with E-state index < -0.39 is 5.60 Å². The first-order valence-electron chi connectivity index (χ1n) is 16.4. The first kappa shape index (κ1) is 29.4. The minimum absolute atomic E-state index is 0.0693. The van der Waals surface area contributed by atoms with Crippen LogP contribution in [0.1, 0.15) is 87.8 Å². The number of hydrogen-bond donors (Lipinski definition) is 0. The highest BCUT2D eigenvalue weighted by molar-refractivity contribution is 6.48. The lowest BCUT2D eigenvalue weighted by Crippen LogP contribution is -2.38. The lowest BCUT2D eigenvalue weighted by molar-refractivity contribution is 0.0114. The Morgan fingerprint density at radius 1 is 0.690 bits per heavy atom. The zero-order chi connectivity index (χ0) is 28.8. The van der Waals surface area contributed by atoms with Crippen LogP contribution in [0.4, 0.5) is 0 Å². The molecule has 2 saturated carbocycles. The van der Waals surface area contributed by atoms with E-state index >= 15 is 0 Å². The highest BCUT2D eigenvalue weighted by Crippen LogP contribution is 2.45. The summed E-state index contributed by atoms with van der Waals surface area (Å²) in [6.45, 7) is 7.02. The highest BCUT2D eigenvalue weighted by Gasteiger charge is 2.51. The van der Waals surface area contributed by atoms with Crippen molar-refractivity contribution in [3.8, 4) is 0 Å². The maximum atomic E-state index is 7.26. The molecular weight excluding hydrogens is 515 g/mol. The predicted octanol–water partition coefficient (Wildman–Crippen LogP) is 9.37. The molecule has 1 aliphatic heterocycles. The van der Waals surface area contributed by atoms with Crippen molar-refractivity contribution < 1.29 is 14.0 Å². The molecule has 1 heterocycles. The Bertz CT molecular complexity index is 1130. The molecule has 3 aromatic rings. The van der Waals surface area contributed by atoms with Crippen LogP contribution in [0.2, 0.25) is 5.82 Å². The van der Waals surface area contributed by atoms with Crippen molar-refractivity contribution in [2.45, 2.75) is 94.8 Å². The fraction of sp³-hybridized carbons (Fsp3) is 0.474. The van der Waals surface area contributed by atoms with Crippen molar-refractivity contribution in [3.05, 3.63) is 120 Å². The van der Waals surface area contributed by atoms with E-state index in [9.17, 15) is 0 Å². The highest BCUT2D eigenvalue weighted by atomic mass is 16.7. The van der Waals surface area contributed by atoms with Crippen molar-refractivity contribution in [2.24, 2.45) is 11.8 Å². The average molecular weight is 563 g/mol. The van der Waals surface area contributed by atoms with Gasteiger partial charge in [0.15, 0.2) is 0 Å². The topological polar surface area (TPSA) is 27.7 Å². The second-order valence-electron chi connectivity index (χ2n) is 12.9. The third kappa shape index (κ3) is 6.18. The first-order chi connectivity index (χ1) is 20.7. The van der Waals surface area contributed by atoms with Crippen molar-refractivity contribution in [1.82, 2.24) is 0 Å². The van der Waals surface area contributed by atoms with Crippen LogP contribution in [0.15, 0.2) is 103 Å². The SMILES string of the molecule is C=C(C)C(COC(c1ccccc1)(c1ccccc1)c1ccccc1)B1O[C@H](C2CCCCC2)[C@@H](C2CCCCC2)O1. The minimum Gasteiger partial charge on any atom is -0.405 e. The van der Waals surface area contributed by atoms with Gasteiger partial charge in [0.2, 0.25) is 0 Å². The van der Waals surface area contributed by atoms with Gasteiger partial charge in [-0.3, -0.25) is 0 Å². The Labute approximate surface area is 253 Å². The zero-order valence-corrected chi connectivity index (χ0v) is 25.3. The third-order valence-corrected chi connectivity index (χ3v) is 10.1. The molecule has 2 aliphatic carbocycles. The molecule has 3 nitrogen and oxygen atoms in total.